The number of hydrogen-bond donors (Lipinski definition) is 2. The van der Waals surface area contributed by atoms with E-state index in [9.17, 15) is 4.39 Å². The molecule has 1 heterocycles. The Labute approximate surface area is 99.9 Å². The summed E-state index contributed by atoms with van der Waals surface area (Å²) in [5, 5.41) is 6.90. The molecule has 0 amide bonds. The molecule has 4 heteroatoms. The highest BCUT2D eigenvalue weighted by atomic mass is 19.1. The fourth-order valence-electron chi connectivity index (χ4n) is 1.88. The maximum atomic E-state index is 13.8. The first kappa shape index (κ1) is 11.6. The number of nitrogens with one attached hydrogen (secondary N) is 1. The van der Waals surface area contributed by atoms with Gasteiger partial charge in [-0.2, -0.15) is 5.10 Å². The van der Waals surface area contributed by atoms with Gasteiger partial charge in [0.15, 0.2) is 5.82 Å². The smallest absolute Gasteiger partial charge is 0.153 e. The molecule has 1 atom stereocenters. The number of aromatic amines is 1. The minimum absolute atomic E-state index is 0.273. The van der Waals surface area contributed by atoms with Crippen molar-refractivity contribution in [3.05, 3.63) is 35.8 Å². The van der Waals surface area contributed by atoms with E-state index in [1.807, 2.05) is 0 Å². The molecule has 0 aliphatic rings. The molecule has 0 radical (unpaired) electrons. The Bertz CT molecular complexity index is 519. The Balaban J connectivity index is 2.59. The third kappa shape index (κ3) is 2.02. The Morgan fingerprint density at radius 1 is 1.41 bits per heavy atom. The van der Waals surface area contributed by atoms with Crippen molar-refractivity contribution in [2.45, 2.75) is 26.2 Å². The molecule has 1 aromatic carbocycles. The number of nitrogens with two attached hydrogens (primary N) is 1. The zero-order valence-corrected chi connectivity index (χ0v) is 10.00. The molecular formula is C13H16FN3. The van der Waals surface area contributed by atoms with Crippen molar-refractivity contribution >= 4 is 5.82 Å². The lowest BCUT2D eigenvalue weighted by Gasteiger charge is -2.10. The number of nitrogens with zero attached hydrogens (tertiary/aromatic N) is 1. The second kappa shape index (κ2) is 4.57. The van der Waals surface area contributed by atoms with Crippen LogP contribution in [-0.2, 0) is 0 Å². The lowest BCUT2D eigenvalue weighted by molar-refractivity contribution is 0.630. The van der Waals surface area contributed by atoms with Crippen LogP contribution in [0.3, 0.4) is 0 Å². The van der Waals surface area contributed by atoms with Crippen molar-refractivity contribution in [1.29, 1.82) is 0 Å². The summed E-state index contributed by atoms with van der Waals surface area (Å²) < 4.78 is 13.8. The molecule has 90 valence electrons. The average Bonchev–Trinajstić information content (AvgIpc) is 2.71. The molecule has 0 bridgehead atoms. The highest BCUT2D eigenvalue weighted by Gasteiger charge is 2.19. The van der Waals surface area contributed by atoms with Crippen LogP contribution < -0.4 is 5.73 Å². The molecule has 0 saturated carbocycles. The van der Waals surface area contributed by atoms with E-state index in [1.165, 1.54) is 6.07 Å². The summed E-state index contributed by atoms with van der Waals surface area (Å²) in [6.07, 6.45) is 0.948. The fourth-order valence-corrected chi connectivity index (χ4v) is 1.88. The first-order valence-electron chi connectivity index (χ1n) is 5.73. The molecule has 2 aromatic rings. The summed E-state index contributed by atoms with van der Waals surface area (Å²) in [5.41, 5.74) is 7.92. The van der Waals surface area contributed by atoms with Gasteiger partial charge < -0.3 is 5.73 Å². The van der Waals surface area contributed by atoms with Gasteiger partial charge in [-0.05, 0) is 18.4 Å². The zero-order chi connectivity index (χ0) is 12.4. The number of anilines is 1. The summed E-state index contributed by atoms with van der Waals surface area (Å²) in [5.74, 6) is 0.352. The molecule has 0 spiro atoms. The van der Waals surface area contributed by atoms with Crippen molar-refractivity contribution in [2.24, 2.45) is 0 Å². The van der Waals surface area contributed by atoms with Gasteiger partial charge in [-0.15, -0.1) is 0 Å². The quantitative estimate of drug-likeness (QED) is 0.854. The standard InChI is InChI=1S/C13H16FN3/c1-3-8(2)12-11(13(15)17-16-12)9-6-4-5-7-10(9)14/h4-8H,3H2,1-2H3,(H3,15,16,17). The van der Waals surface area contributed by atoms with Gasteiger partial charge in [0.2, 0.25) is 0 Å². The number of H-pyrrole nitrogens is 1. The number of nitrogen functional groups attached to an aromatic ring is 1. The monoisotopic (exact) mass is 233 g/mol. The van der Waals surface area contributed by atoms with Crippen LogP contribution >= 0.6 is 0 Å². The molecule has 1 unspecified atom stereocenters. The second-order valence-corrected chi connectivity index (χ2v) is 4.19. The van der Waals surface area contributed by atoms with E-state index in [1.54, 1.807) is 18.2 Å². The molecule has 2 rings (SSSR count). The van der Waals surface area contributed by atoms with E-state index in [-0.39, 0.29) is 11.7 Å². The number of halogens is 1. The molecule has 17 heavy (non-hydrogen) atoms. The molecule has 1 aromatic heterocycles. The summed E-state index contributed by atoms with van der Waals surface area (Å²) in [6.45, 7) is 4.14. The molecule has 0 saturated heterocycles. The number of aromatic nitrogens is 2. The SMILES string of the molecule is CCC(C)c1[nH]nc(N)c1-c1ccccc1F. The molecule has 0 fully saturated rings. The van der Waals surface area contributed by atoms with E-state index in [2.05, 4.69) is 24.0 Å². The van der Waals surface area contributed by atoms with Gasteiger partial charge in [0.1, 0.15) is 5.82 Å². The lowest BCUT2D eigenvalue weighted by atomic mass is 9.96. The zero-order valence-electron chi connectivity index (χ0n) is 10.00. The predicted octanol–water partition coefficient (Wildman–Crippen LogP) is 3.31. The van der Waals surface area contributed by atoms with Gasteiger partial charge in [0.25, 0.3) is 0 Å². The fraction of sp³-hybridized carbons (Fsp3) is 0.308. The van der Waals surface area contributed by atoms with E-state index in [0.717, 1.165) is 12.1 Å². The summed E-state index contributed by atoms with van der Waals surface area (Å²) in [6, 6.07) is 6.62. The third-order valence-corrected chi connectivity index (χ3v) is 3.07. The van der Waals surface area contributed by atoms with E-state index < -0.39 is 0 Å². The van der Waals surface area contributed by atoms with Crippen LogP contribution in [0.2, 0.25) is 0 Å². The van der Waals surface area contributed by atoms with Crippen LogP contribution in [0.1, 0.15) is 31.9 Å². The molecule has 3 nitrogen and oxygen atoms in total. The van der Waals surface area contributed by atoms with Crippen LogP contribution in [0.4, 0.5) is 10.2 Å². The Morgan fingerprint density at radius 3 is 2.76 bits per heavy atom. The minimum Gasteiger partial charge on any atom is -0.382 e. The number of benzene rings is 1. The predicted molar refractivity (Wildman–Crippen MR) is 67.1 cm³/mol. The topological polar surface area (TPSA) is 54.7 Å². The summed E-state index contributed by atoms with van der Waals surface area (Å²) in [7, 11) is 0. The highest BCUT2D eigenvalue weighted by Crippen LogP contribution is 2.34. The normalized spacial score (nSPS) is 12.6. The van der Waals surface area contributed by atoms with Crippen LogP contribution in [0, 0.1) is 5.82 Å². The third-order valence-electron chi connectivity index (χ3n) is 3.07. The van der Waals surface area contributed by atoms with Gasteiger partial charge in [-0.3, -0.25) is 5.10 Å². The molecule has 3 N–H and O–H groups in total. The molecule has 0 aliphatic carbocycles. The molecular weight excluding hydrogens is 217 g/mol. The van der Waals surface area contributed by atoms with Gasteiger partial charge in [-0.25, -0.2) is 4.39 Å². The van der Waals surface area contributed by atoms with Gasteiger partial charge in [0, 0.05) is 16.8 Å². The lowest BCUT2D eigenvalue weighted by Crippen LogP contribution is -1.97. The van der Waals surface area contributed by atoms with Gasteiger partial charge in [0.05, 0.1) is 0 Å². The highest BCUT2D eigenvalue weighted by molar-refractivity contribution is 5.77. The Kier molecular flexibility index (Phi) is 3.13. The Hall–Kier alpha value is -1.84. The molecule has 0 aliphatic heterocycles. The van der Waals surface area contributed by atoms with Crippen molar-refractivity contribution in [2.75, 3.05) is 5.73 Å². The van der Waals surface area contributed by atoms with E-state index in [0.29, 0.717) is 16.9 Å². The van der Waals surface area contributed by atoms with Crippen LogP contribution in [0.15, 0.2) is 24.3 Å². The van der Waals surface area contributed by atoms with Crippen molar-refractivity contribution in [1.82, 2.24) is 10.2 Å². The van der Waals surface area contributed by atoms with E-state index in [4.69, 9.17) is 5.73 Å². The Morgan fingerprint density at radius 2 is 2.12 bits per heavy atom. The first-order valence-corrected chi connectivity index (χ1v) is 5.73. The first-order chi connectivity index (χ1) is 8.15. The maximum Gasteiger partial charge on any atom is 0.153 e. The van der Waals surface area contributed by atoms with Gasteiger partial charge in [-0.1, -0.05) is 32.0 Å². The number of hydrogen-bond acceptors (Lipinski definition) is 2. The van der Waals surface area contributed by atoms with Gasteiger partial charge >= 0.3 is 0 Å². The van der Waals surface area contributed by atoms with Crippen LogP contribution in [0.25, 0.3) is 11.1 Å². The van der Waals surface area contributed by atoms with Crippen LogP contribution in [-0.4, -0.2) is 10.2 Å². The summed E-state index contributed by atoms with van der Waals surface area (Å²) in [4.78, 5) is 0. The van der Waals surface area contributed by atoms with Crippen molar-refractivity contribution in [3.63, 3.8) is 0 Å². The second-order valence-electron chi connectivity index (χ2n) is 4.19. The maximum absolute atomic E-state index is 13.8. The number of rotatable bonds is 3. The van der Waals surface area contributed by atoms with Crippen molar-refractivity contribution in [3.8, 4) is 11.1 Å². The summed E-state index contributed by atoms with van der Waals surface area (Å²) >= 11 is 0. The van der Waals surface area contributed by atoms with E-state index >= 15 is 0 Å². The minimum atomic E-state index is -0.273. The van der Waals surface area contributed by atoms with Crippen molar-refractivity contribution < 1.29 is 4.39 Å². The largest absolute Gasteiger partial charge is 0.382 e. The average molecular weight is 233 g/mol. The van der Waals surface area contributed by atoms with Crippen LogP contribution in [0.5, 0.6) is 0 Å².